The Kier molecular flexibility index (Phi) is 2.90. The highest BCUT2D eigenvalue weighted by Crippen LogP contribution is 2.18. The monoisotopic (exact) mass is 272 g/mol. The first-order chi connectivity index (χ1) is 7.99. The van der Waals surface area contributed by atoms with Gasteiger partial charge in [-0.2, -0.15) is 11.3 Å². The molecular formula is C9H8N2O4S2. The number of rotatable bonds is 4. The maximum Gasteiger partial charge on any atom is 0.352 e. The van der Waals surface area contributed by atoms with Gasteiger partial charge in [-0.05, 0) is 17.5 Å². The van der Waals surface area contributed by atoms with Gasteiger partial charge in [0.15, 0.2) is 0 Å². The third kappa shape index (κ3) is 2.48. The molecule has 0 aliphatic carbocycles. The average molecular weight is 272 g/mol. The quantitative estimate of drug-likeness (QED) is 0.786. The van der Waals surface area contributed by atoms with E-state index in [0.29, 0.717) is 5.69 Å². The fourth-order valence-corrected chi connectivity index (χ4v) is 2.89. The van der Waals surface area contributed by atoms with Crippen LogP contribution in [-0.4, -0.2) is 24.5 Å². The third-order valence-corrected chi connectivity index (χ3v) is 4.01. The van der Waals surface area contributed by atoms with Gasteiger partial charge >= 0.3 is 5.97 Å². The first kappa shape index (κ1) is 11.7. The summed E-state index contributed by atoms with van der Waals surface area (Å²) in [6.07, 6.45) is 1.14. The zero-order chi connectivity index (χ0) is 12.5. The molecular weight excluding hydrogens is 264 g/mol. The highest BCUT2D eigenvalue weighted by Gasteiger charge is 2.18. The number of aromatic nitrogens is 1. The summed E-state index contributed by atoms with van der Waals surface area (Å²) >= 11 is 1.36. The molecule has 2 rings (SSSR count). The normalized spacial score (nSPS) is 11.3. The Morgan fingerprint density at radius 2 is 2.24 bits per heavy atom. The van der Waals surface area contributed by atoms with Crippen LogP contribution in [0.3, 0.4) is 0 Å². The molecule has 0 spiro atoms. The molecule has 90 valence electrons. The molecule has 2 aromatic rings. The fraction of sp³-hybridized carbons (Fsp3) is 0. The summed E-state index contributed by atoms with van der Waals surface area (Å²) in [7, 11) is -3.73. The molecule has 0 aromatic carbocycles. The molecule has 17 heavy (non-hydrogen) atoms. The minimum atomic E-state index is -3.73. The van der Waals surface area contributed by atoms with Crippen molar-refractivity contribution in [1.29, 1.82) is 0 Å². The predicted molar refractivity (Wildman–Crippen MR) is 62.9 cm³/mol. The summed E-state index contributed by atoms with van der Waals surface area (Å²) in [6.45, 7) is 0. The van der Waals surface area contributed by atoms with E-state index in [9.17, 15) is 13.2 Å². The highest BCUT2D eigenvalue weighted by atomic mass is 32.2. The Hall–Kier alpha value is -1.80. The standard InChI is InChI=1S/C9H8N2O4S2/c12-9(13)8-3-7(4-10-8)17(14,15)11-6-1-2-16-5-6/h1-5,10-11H,(H,12,13). The van der Waals surface area contributed by atoms with E-state index in [0.717, 1.165) is 12.3 Å². The summed E-state index contributed by atoms with van der Waals surface area (Å²) < 4.78 is 26.0. The van der Waals surface area contributed by atoms with Crippen LogP contribution in [0.25, 0.3) is 0 Å². The number of anilines is 1. The van der Waals surface area contributed by atoms with Gasteiger partial charge in [0.25, 0.3) is 10.0 Å². The average Bonchev–Trinajstić information content (AvgIpc) is 2.84. The Morgan fingerprint density at radius 3 is 2.76 bits per heavy atom. The molecule has 0 aliphatic rings. The molecule has 0 radical (unpaired) electrons. The van der Waals surface area contributed by atoms with E-state index in [1.165, 1.54) is 11.3 Å². The van der Waals surface area contributed by atoms with Crippen LogP contribution >= 0.6 is 11.3 Å². The van der Waals surface area contributed by atoms with E-state index in [1.807, 2.05) is 0 Å². The molecule has 8 heteroatoms. The van der Waals surface area contributed by atoms with Crippen molar-refractivity contribution in [2.24, 2.45) is 0 Å². The fourth-order valence-electron chi connectivity index (χ4n) is 1.19. The summed E-state index contributed by atoms with van der Waals surface area (Å²) in [4.78, 5) is 12.9. The molecule has 0 saturated heterocycles. The number of aromatic amines is 1. The molecule has 0 aliphatic heterocycles. The second-order valence-corrected chi connectivity index (χ2v) is 5.63. The lowest BCUT2D eigenvalue weighted by molar-refractivity contribution is 0.0691. The van der Waals surface area contributed by atoms with Crippen LogP contribution in [0.15, 0.2) is 34.0 Å². The van der Waals surface area contributed by atoms with E-state index >= 15 is 0 Å². The third-order valence-electron chi connectivity index (χ3n) is 1.97. The minimum Gasteiger partial charge on any atom is -0.477 e. The lowest BCUT2D eigenvalue weighted by Gasteiger charge is -2.02. The Morgan fingerprint density at radius 1 is 1.47 bits per heavy atom. The van der Waals surface area contributed by atoms with Gasteiger partial charge in [0.05, 0.1) is 5.69 Å². The van der Waals surface area contributed by atoms with Gasteiger partial charge in [0, 0.05) is 11.6 Å². The van der Waals surface area contributed by atoms with Crippen molar-refractivity contribution in [3.8, 4) is 0 Å². The van der Waals surface area contributed by atoms with Crippen LogP contribution in [0.1, 0.15) is 10.5 Å². The molecule has 0 saturated carbocycles. The largest absolute Gasteiger partial charge is 0.477 e. The van der Waals surface area contributed by atoms with Crippen molar-refractivity contribution in [2.75, 3.05) is 4.72 Å². The van der Waals surface area contributed by atoms with Crippen LogP contribution < -0.4 is 4.72 Å². The minimum absolute atomic E-state index is 0.110. The van der Waals surface area contributed by atoms with E-state index in [-0.39, 0.29) is 10.6 Å². The van der Waals surface area contributed by atoms with Crippen molar-refractivity contribution in [1.82, 2.24) is 4.98 Å². The maximum atomic E-state index is 11.8. The van der Waals surface area contributed by atoms with Gasteiger partial charge in [-0.25, -0.2) is 13.2 Å². The molecule has 3 N–H and O–H groups in total. The van der Waals surface area contributed by atoms with Crippen LogP contribution in [0.2, 0.25) is 0 Å². The van der Waals surface area contributed by atoms with E-state index in [4.69, 9.17) is 5.11 Å². The summed E-state index contributed by atoms with van der Waals surface area (Å²) in [5.41, 5.74) is 0.281. The maximum absolute atomic E-state index is 11.8. The smallest absolute Gasteiger partial charge is 0.352 e. The van der Waals surface area contributed by atoms with Gasteiger partial charge in [-0.1, -0.05) is 0 Å². The lowest BCUT2D eigenvalue weighted by Crippen LogP contribution is -2.11. The number of H-pyrrole nitrogens is 1. The van der Waals surface area contributed by atoms with Gasteiger partial charge in [-0.3, -0.25) is 4.72 Å². The second kappa shape index (κ2) is 4.22. The zero-order valence-electron chi connectivity index (χ0n) is 8.38. The van der Waals surface area contributed by atoms with Crippen LogP contribution in [0, 0.1) is 0 Å². The number of sulfonamides is 1. The number of carboxylic acid groups (broad SMARTS) is 1. The molecule has 0 bridgehead atoms. The van der Waals surface area contributed by atoms with Crippen LogP contribution in [-0.2, 0) is 10.0 Å². The van der Waals surface area contributed by atoms with Gasteiger partial charge in [0.1, 0.15) is 10.6 Å². The van der Waals surface area contributed by atoms with Gasteiger partial charge in [-0.15, -0.1) is 0 Å². The van der Waals surface area contributed by atoms with E-state index < -0.39 is 16.0 Å². The van der Waals surface area contributed by atoms with Gasteiger partial charge < -0.3 is 10.1 Å². The predicted octanol–water partition coefficient (Wildman–Crippen LogP) is 1.58. The van der Waals surface area contributed by atoms with E-state index in [1.54, 1.807) is 16.8 Å². The number of carboxylic acids is 1. The van der Waals surface area contributed by atoms with Crippen LogP contribution in [0.4, 0.5) is 5.69 Å². The Balaban J connectivity index is 2.28. The molecule has 2 heterocycles. The first-order valence-corrected chi connectivity index (χ1v) is 6.88. The van der Waals surface area contributed by atoms with Crippen molar-refractivity contribution in [3.63, 3.8) is 0 Å². The number of hydrogen-bond acceptors (Lipinski definition) is 4. The van der Waals surface area contributed by atoms with Crippen molar-refractivity contribution in [3.05, 3.63) is 34.8 Å². The van der Waals surface area contributed by atoms with E-state index in [2.05, 4.69) is 9.71 Å². The number of aromatic carboxylic acids is 1. The SMILES string of the molecule is O=C(O)c1cc(S(=O)(=O)Nc2ccsc2)c[nH]1. The second-order valence-electron chi connectivity index (χ2n) is 3.17. The Labute approximate surface area is 101 Å². The summed E-state index contributed by atoms with van der Waals surface area (Å²) in [5, 5.41) is 12.1. The highest BCUT2D eigenvalue weighted by molar-refractivity contribution is 7.92. The molecule has 0 atom stereocenters. The number of hydrogen-bond donors (Lipinski definition) is 3. The molecule has 6 nitrogen and oxygen atoms in total. The number of nitrogens with one attached hydrogen (secondary N) is 2. The van der Waals surface area contributed by atoms with Crippen molar-refractivity contribution < 1.29 is 18.3 Å². The number of carbonyl (C=O) groups is 1. The lowest BCUT2D eigenvalue weighted by atomic mass is 10.4. The first-order valence-electron chi connectivity index (χ1n) is 4.46. The number of thiophene rings is 1. The Bertz CT molecular complexity index is 628. The zero-order valence-corrected chi connectivity index (χ0v) is 10.0. The summed E-state index contributed by atoms with van der Waals surface area (Å²) in [6, 6.07) is 2.68. The topological polar surface area (TPSA) is 99.3 Å². The molecule has 0 amide bonds. The van der Waals surface area contributed by atoms with Crippen molar-refractivity contribution in [2.45, 2.75) is 4.90 Å². The molecule has 2 aromatic heterocycles. The molecule has 0 unspecified atom stereocenters. The van der Waals surface area contributed by atoms with Crippen molar-refractivity contribution >= 4 is 33.0 Å². The summed E-state index contributed by atoms with van der Waals surface area (Å²) in [5.74, 6) is -1.21. The molecule has 0 fully saturated rings. The van der Waals surface area contributed by atoms with Gasteiger partial charge in [0.2, 0.25) is 0 Å². The van der Waals surface area contributed by atoms with Crippen LogP contribution in [0.5, 0.6) is 0 Å².